The lowest BCUT2D eigenvalue weighted by atomic mass is 9.87. The summed E-state index contributed by atoms with van der Waals surface area (Å²) < 4.78 is 27.6. The highest BCUT2D eigenvalue weighted by Gasteiger charge is 2.84. The van der Waals surface area contributed by atoms with Gasteiger partial charge in [0, 0.05) is 12.3 Å². The van der Waals surface area contributed by atoms with E-state index >= 15 is 0 Å². The maximum absolute atomic E-state index is 13.8. The number of imide groups is 1. The van der Waals surface area contributed by atoms with Crippen molar-refractivity contribution in [1.29, 1.82) is 0 Å². The molecule has 3 amide bonds. The standard InChI is InChI=1S/C9H8F2N2O4/c10-8(11)1-2-3(5(14)15)4(2)9(8)6(16)12-7(17)13-9/h2-4H,1H2,(H,14,15)(H2,12,13,16,17). The Hall–Kier alpha value is -1.73. The third-order valence-electron chi connectivity index (χ3n) is 3.92. The molecule has 17 heavy (non-hydrogen) atoms. The molecular formula is C9H8F2N2O4. The maximum Gasteiger partial charge on any atom is 0.322 e. The molecule has 1 aliphatic heterocycles. The summed E-state index contributed by atoms with van der Waals surface area (Å²) in [4.78, 5) is 33.4. The molecule has 92 valence electrons. The van der Waals surface area contributed by atoms with Crippen LogP contribution in [-0.4, -0.2) is 34.5 Å². The van der Waals surface area contributed by atoms with Gasteiger partial charge in [0.2, 0.25) is 0 Å². The molecular weight excluding hydrogens is 238 g/mol. The Balaban J connectivity index is 2.04. The minimum Gasteiger partial charge on any atom is -0.481 e. The van der Waals surface area contributed by atoms with Crippen molar-refractivity contribution < 1.29 is 28.3 Å². The Bertz CT molecular complexity index is 466. The second-order valence-electron chi connectivity index (χ2n) is 4.68. The third kappa shape index (κ3) is 0.961. The number of aliphatic carboxylic acids is 1. The molecule has 4 unspecified atom stereocenters. The van der Waals surface area contributed by atoms with Gasteiger partial charge in [0.1, 0.15) is 0 Å². The fourth-order valence-electron chi connectivity index (χ4n) is 3.22. The number of hydrogen-bond acceptors (Lipinski definition) is 3. The minimum atomic E-state index is -3.40. The van der Waals surface area contributed by atoms with Gasteiger partial charge >= 0.3 is 12.0 Å². The summed E-state index contributed by atoms with van der Waals surface area (Å²) in [6.07, 6.45) is -0.678. The quantitative estimate of drug-likeness (QED) is 0.546. The Kier molecular flexibility index (Phi) is 1.58. The first kappa shape index (κ1) is 10.4. The van der Waals surface area contributed by atoms with E-state index in [0.717, 1.165) is 0 Å². The number of halogens is 2. The highest BCUT2D eigenvalue weighted by molar-refractivity contribution is 6.09. The van der Waals surface area contributed by atoms with E-state index in [-0.39, 0.29) is 0 Å². The Morgan fingerprint density at radius 1 is 1.41 bits per heavy atom. The minimum absolute atomic E-state index is 0.678. The van der Waals surface area contributed by atoms with E-state index < -0.39 is 53.5 Å². The number of alkyl halides is 2. The molecule has 1 spiro atoms. The molecule has 1 saturated heterocycles. The van der Waals surface area contributed by atoms with Crippen molar-refractivity contribution >= 4 is 17.9 Å². The average molecular weight is 246 g/mol. The lowest BCUT2D eigenvalue weighted by molar-refractivity contribution is -0.147. The summed E-state index contributed by atoms with van der Waals surface area (Å²) in [7, 11) is 0. The zero-order valence-corrected chi connectivity index (χ0v) is 8.37. The van der Waals surface area contributed by atoms with Gasteiger partial charge < -0.3 is 10.4 Å². The van der Waals surface area contributed by atoms with Crippen molar-refractivity contribution in [2.24, 2.45) is 17.8 Å². The van der Waals surface area contributed by atoms with Crippen LogP contribution >= 0.6 is 0 Å². The lowest BCUT2D eigenvalue weighted by Gasteiger charge is -2.31. The van der Waals surface area contributed by atoms with Crippen LogP contribution in [0.3, 0.4) is 0 Å². The third-order valence-corrected chi connectivity index (χ3v) is 3.92. The summed E-state index contributed by atoms with van der Waals surface area (Å²) >= 11 is 0. The summed E-state index contributed by atoms with van der Waals surface area (Å²) in [5.74, 6) is -8.45. The largest absolute Gasteiger partial charge is 0.481 e. The van der Waals surface area contributed by atoms with Crippen LogP contribution in [0.2, 0.25) is 0 Å². The van der Waals surface area contributed by atoms with Crippen LogP contribution < -0.4 is 10.6 Å². The van der Waals surface area contributed by atoms with Gasteiger partial charge in [0.05, 0.1) is 5.92 Å². The molecule has 3 fully saturated rings. The van der Waals surface area contributed by atoms with Gasteiger partial charge in [-0.25, -0.2) is 13.6 Å². The molecule has 0 aromatic carbocycles. The molecule has 4 atom stereocenters. The van der Waals surface area contributed by atoms with Crippen LogP contribution in [0.1, 0.15) is 6.42 Å². The van der Waals surface area contributed by atoms with Gasteiger partial charge in [-0.3, -0.25) is 14.9 Å². The summed E-state index contributed by atoms with van der Waals surface area (Å²) in [5, 5.41) is 12.5. The molecule has 0 bridgehead atoms. The predicted molar refractivity (Wildman–Crippen MR) is 47.1 cm³/mol. The van der Waals surface area contributed by atoms with E-state index in [1.54, 1.807) is 5.32 Å². The van der Waals surface area contributed by atoms with Crippen molar-refractivity contribution in [3.63, 3.8) is 0 Å². The molecule has 2 aliphatic carbocycles. The summed E-state index contributed by atoms with van der Waals surface area (Å²) in [5.41, 5.74) is -2.36. The van der Waals surface area contributed by atoms with E-state index in [1.165, 1.54) is 0 Å². The Morgan fingerprint density at radius 2 is 2.06 bits per heavy atom. The van der Waals surface area contributed by atoms with Crippen LogP contribution in [0.4, 0.5) is 13.6 Å². The fraction of sp³-hybridized carbons (Fsp3) is 0.667. The van der Waals surface area contributed by atoms with E-state index in [4.69, 9.17) is 5.11 Å². The summed E-state index contributed by atoms with van der Waals surface area (Å²) in [6.45, 7) is 0. The average Bonchev–Trinajstić information content (AvgIpc) is 2.70. The first-order chi connectivity index (χ1) is 7.81. The second kappa shape index (κ2) is 2.57. The van der Waals surface area contributed by atoms with E-state index in [0.29, 0.717) is 0 Å². The van der Waals surface area contributed by atoms with Gasteiger partial charge in [0.25, 0.3) is 11.8 Å². The second-order valence-corrected chi connectivity index (χ2v) is 4.68. The number of urea groups is 1. The van der Waals surface area contributed by atoms with Crippen LogP contribution in [0.5, 0.6) is 0 Å². The number of fused-ring (bicyclic) bond motifs is 2. The number of amides is 3. The van der Waals surface area contributed by atoms with Crippen LogP contribution in [0, 0.1) is 17.8 Å². The van der Waals surface area contributed by atoms with Gasteiger partial charge in [0.15, 0.2) is 5.54 Å². The van der Waals surface area contributed by atoms with Crippen LogP contribution in [0.15, 0.2) is 0 Å². The zero-order chi connectivity index (χ0) is 12.6. The van der Waals surface area contributed by atoms with Crippen LogP contribution in [0.25, 0.3) is 0 Å². The van der Waals surface area contributed by atoms with Crippen molar-refractivity contribution in [2.45, 2.75) is 17.9 Å². The number of nitrogens with one attached hydrogen (secondary N) is 2. The van der Waals surface area contributed by atoms with Crippen molar-refractivity contribution in [2.75, 3.05) is 0 Å². The Labute approximate surface area is 93.4 Å². The predicted octanol–water partition coefficient (Wildman–Crippen LogP) is -0.450. The molecule has 0 aromatic rings. The van der Waals surface area contributed by atoms with Gasteiger partial charge in [-0.05, 0) is 5.92 Å². The Morgan fingerprint density at radius 3 is 2.53 bits per heavy atom. The molecule has 2 saturated carbocycles. The van der Waals surface area contributed by atoms with E-state index in [1.807, 2.05) is 5.32 Å². The fourth-order valence-corrected chi connectivity index (χ4v) is 3.22. The van der Waals surface area contributed by atoms with E-state index in [2.05, 4.69) is 0 Å². The molecule has 1 heterocycles. The van der Waals surface area contributed by atoms with Crippen molar-refractivity contribution in [3.05, 3.63) is 0 Å². The molecule has 3 aliphatic rings. The normalized spacial score (nSPS) is 45.4. The number of rotatable bonds is 1. The van der Waals surface area contributed by atoms with Crippen LogP contribution in [-0.2, 0) is 9.59 Å². The van der Waals surface area contributed by atoms with Crippen molar-refractivity contribution in [3.8, 4) is 0 Å². The molecule has 8 heteroatoms. The number of carbonyl (C=O) groups is 3. The molecule has 3 rings (SSSR count). The first-order valence-corrected chi connectivity index (χ1v) is 5.05. The lowest BCUT2D eigenvalue weighted by Crippen LogP contribution is -2.60. The molecule has 0 aromatic heterocycles. The highest BCUT2D eigenvalue weighted by atomic mass is 19.3. The smallest absolute Gasteiger partial charge is 0.322 e. The topological polar surface area (TPSA) is 95.5 Å². The van der Waals surface area contributed by atoms with Gasteiger partial charge in [-0.2, -0.15) is 0 Å². The number of hydrogen-bond donors (Lipinski definition) is 3. The number of carbonyl (C=O) groups excluding carboxylic acids is 2. The highest BCUT2D eigenvalue weighted by Crippen LogP contribution is 2.68. The molecule has 3 N–H and O–H groups in total. The van der Waals surface area contributed by atoms with Gasteiger partial charge in [-0.1, -0.05) is 0 Å². The SMILES string of the molecule is O=C1NC(=O)C2(N1)C1C(CC2(F)F)C1C(=O)O. The maximum atomic E-state index is 13.8. The molecule has 6 nitrogen and oxygen atoms in total. The van der Waals surface area contributed by atoms with Gasteiger partial charge in [-0.15, -0.1) is 0 Å². The summed E-state index contributed by atoms with van der Waals surface area (Å²) in [6, 6.07) is -0.994. The van der Waals surface area contributed by atoms with E-state index in [9.17, 15) is 23.2 Å². The monoisotopic (exact) mass is 246 g/mol. The zero-order valence-electron chi connectivity index (χ0n) is 8.37. The van der Waals surface area contributed by atoms with Crippen molar-refractivity contribution in [1.82, 2.24) is 10.6 Å². The number of carboxylic acids is 1. The first-order valence-electron chi connectivity index (χ1n) is 5.05. The molecule has 0 radical (unpaired) electrons. The number of carboxylic acid groups (broad SMARTS) is 1.